The highest BCUT2D eigenvalue weighted by atomic mass is 16.7. The van der Waals surface area contributed by atoms with E-state index in [0.717, 1.165) is 5.56 Å². The van der Waals surface area contributed by atoms with E-state index >= 15 is 0 Å². The molecule has 4 heteroatoms. The first kappa shape index (κ1) is 12.5. The van der Waals surface area contributed by atoms with Crippen LogP contribution in [-0.4, -0.2) is 27.8 Å². The standard InChI is InChI=1S/C12H16O4/c1-4-10-7-11(15-8-13-2)5-6-12(10)16-9-14-3/h4-7H,1,8-9H2,2-3H3. The summed E-state index contributed by atoms with van der Waals surface area (Å²) >= 11 is 0. The minimum absolute atomic E-state index is 0.207. The Balaban J connectivity index is 2.75. The number of benzene rings is 1. The molecule has 0 saturated heterocycles. The molecule has 0 aliphatic carbocycles. The van der Waals surface area contributed by atoms with Gasteiger partial charge in [0.25, 0.3) is 0 Å². The van der Waals surface area contributed by atoms with Gasteiger partial charge in [-0.2, -0.15) is 0 Å². The molecule has 0 saturated carbocycles. The minimum atomic E-state index is 0.207. The van der Waals surface area contributed by atoms with E-state index in [1.54, 1.807) is 32.4 Å². The summed E-state index contributed by atoms with van der Waals surface area (Å²) in [4.78, 5) is 0. The highest BCUT2D eigenvalue weighted by Gasteiger charge is 2.03. The molecule has 0 aliphatic heterocycles. The van der Waals surface area contributed by atoms with E-state index < -0.39 is 0 Å². The van der Waals surface area contributed by atoms with Gasteiger partial charge in [-0.3, -0.25) is 0 Å². The van der Waals surface area contributed by atoms with Crippen LogP contribution in [0.5, 0.6) is 11.5 Å². The first-order chi connectivity index (χ1) is 7.81. The normalized spacial score (nSPS) is 9.88. The van der Waals surface area contributed by atoms with Gasteiger partial charge < -0.3 is 18.9 Å². The molecule has 16 heavy (non-hydrogen) atoms. The molecule has 0 bridgehead atoms. The molecule has 0 radical (unpaired) electrons. The van der Waals surface area contributed by atoms with Crippen molar-refractivity contribution in [1.82, 2.24) is 0 Å². The maximum atomic E-state index is 5.36. The first-order valence-electron chi connectivity index (χ1n) is 4.81. The smallest absolute Gasteiger partial charge is 0.188 e. The number of hydrogen-bond donors (Lipinski definition) is 0. The highest BCUT2D eigenvalue weighted by molar-refractivity contribution is 5.58. The topological polar surface area (TPSA) is 36.9 Å². The minimum Gasteiger partial charge on any atom is -0.468 e. The van der Waals surface area contributed by atoms with Gasteiger partial charge in [0.05, 0.1) is 0 Å². The number of hydrogen-bond acceptors (Lipinski definition) is 4. The molecule has 0 aliphatic rings. The van der Waals surface area contributed by atoms with E-state index in [9.17, 15) is 0 Å². The average molecular weight is 224 g/mol. The molecule has 1 aromatic rings. The van der Waals surface area contributed by atoms with Crippen LogP contribution in [0.3, 0.4) is 0 Å². The summed E-state index contributed by atoms with van der Waals surface area (Å²) in [6, 6.07) is 5.44. The molecule has 4 nitrogen and oxygen atoms in total. The van der Waals surface area contributed by atoms with Gasteiger partial charge in [-0.25, -0.2) is 0 Å². The predicted molar refractivity (Wildman–Crippen MR) is 61.5 cm³/mol. The van der Waals surface area contributed by atoms with E-state index in [1.807, 2.05) is 6.07 Å². The number of methoxy groups -OCH3 is 2. The van der Waals surface area contributed by atoms with Gasteiger partial charge in [-0.1, -0.05) is 12.7 Å². The summed E-state index contributed by atoms with van der Waals surface area (Å²) in [6.07, 6.45) is 1.70. The highest BCUT2D eigenvalue weighted by Crippen LogP contribution is 2.25. The van der Waals surface area contributed by atoms with Gasteiger partial charge in [0.1, 0.15) is 11.5 Å². The van der Waals surface area contributed by atoms with E-state index in [2.05, 4.69) is 6.58 Å². The monoisotopic (exact) mass is 224 g/mol. The van der Waals surface area contributed by atoms with Gasteiger partial charge in [0.15, 0.2) is 13.6 Å². The molecule has 0 heterocycles. The van der Waals surface area contributed by atoms with E-state index in [4.69, 9.17) is 18.9 Å². The summed E-state index contributed by atoms with van der Waals surface area (Å²) in [5.74, 6) is 1.42. The fourth-order valence-electron chi connectivity index (χ4n) is 1.16. The van der Waals surface area contributed by atoms with Crippen LogP contribution in [0.25, 0.3) is 6.08 Å². The Labute approximate surface area is 95.4 Å². The molecule has 0 atom stereocenters. The van der Waals surface area contributed by atoms with Crippen LogP contribution < -0.4 is 9.47 Å². The molecule has 0 amide bonds. The van der Waals surface area contributed by atoms with Crippen LogP contribution in [0.2, 0.25) is 0 Å². The lowest BCUT2D eigenvalue weighted by Crippen LogP contribution is -2.02. The van der Waals surface area contributed by atoms with E-state index in [-0.39, 0.29) is 13.6 Å². The molecule has 0 spiro atoms. The van der Waals surface area contributed by atoms with Crippen LogP contribution in [0.4, 0.5) is 0 Å². The van der Waals surface area contributed by atoms with Crippen molar-refractivity contribution in [3.63, 3.8) is 0 Å². The van der Waals surface area contributed by atoms with Crippen molar-refractivity contribution in [2.24, 2.45) is 0 Å². The van der Waals surface area contributed by atoms with Gasteiger partial charge in [0, 0.05) is 19.8 Å². The average Bonchev–Trinajstić information content (AvgIpc) is 2.34. The van der Waals surface area contributed by atoms with Crippen molar-refractivity contribution in [2.75, 3.05) is 27.8 Å². The fourth-order valence-corrected chi connectivity index (χ4v) is 1.16. The van der Waals surface area contributed by atoms with Crippen LogP contribution >= 0.6 is 0 Å². The molecular weight excluding hydrogens is 208 g/mol. The zero-order valence-corrected chi connectivity index (χ0v) is 9.56. The molecule has 0 fully saturated rings. The lowest BCUT2D eigenvalue weighted by atomic mass is 10.2. The Kier molecular flexibility index (Phi) is 5.39. The van der Waals surface area contributed by atoms with Crippen molar-refractivity contribution in [1.29, 1.82) is 0 Å². The van der Waals surface area contributed by atoms with Crippen molar-refractivity contribution in [3.8, 4) is 11.5 Å². The van der Waals surface area contributed by atoms with Crippen LogP contribution in [0.15, 0.2) is 24.8 Å². The zero-order chi connectivity index (χ0) is 11.8. The Morgan fingerprint density at radius 3 is 2.44 bits per heavy atom. The summed E-state index contributed by atoms with van der Waals surface area (Å²) in [5, 5.41) is 0. The summed E-state index contributed by atoms with van der Waals surface area (Å²) in [7, 11) is 3.15. The SMILES string of the molecule is C=Cc1cc(OCOC)ccc1OCOC. The lowest BCUT2D eigenvalue weighted by Gasteiger charge is -2.10. The summed E-state index contributed by atoms with van der Waals surface area (Å²) in [5.41, 5.74) is 0.852. The molecule has 88 valence electrons. The fraction of sp³-hybridized carbons (Fsp3) is 0.333. The molecule has 1 aromatic carbocycles. The van der Waals surface area contributed by atoms with Crippen LogP contribution in [-0.2, 0) is 9.47 Å². The van der Waals surface area contributed by atoms with Gasteiger partial charge in [0.2, 0.25) is 0 Å². The second-order valence-electron chi connectivity index (χ2n) is 3.01. The summed E-state index contributed by atoms with van der Waals surface area (Å²) < 4.78 is 20.3. The van der Waals surface area contributed by atoms with Gasteiger partial charge in [-0.05, 0) is 18.2 Å². The predicted octanol–water partition coefficient (Wildman–Crippen LogP) is 2.29. The Morgan fingerprint density at radius 2 is 1.81 bits per heavy atom. The second kappa shape index (κ2) is 6.87. The van der Waals surface area contributed by atoms with Crippen LogP contribution in [0, 0.1) is 0 Å². The van der Waals surface area contributed by atoms with Crippen LogP contribution in [0.1, 0.15) is 5.56 Å². The van der Waals surface area contributed by atoms with E-state index in [1.165, 1.54) is 0 Å². The first-order valence-corrected chi connectivity index (χ1v) is 4.81. The maximum absolute atomic E-state index is 5.36. The van der Waals surface area contributed by atoms with Gasteiger partial charge >= 0.3 is 0 Å². The quantitative estimate of drug-likeness (QED) is 0.666. The zero-order valence-electron chi connectivity index (χ0n) is 9.56. The largest absolute Gasteiger partial charge is 0.468 e. The van der Waals surface area contributed by atoms with Crippen molar-refractivity contribution in [2.45, 2.75) is 0 Å². The molecule has 0 aromatic heterocycles. The van der Waals surface area contributed by atoms with E-state index in [0.29, 0.717) is 11.5 Å². The van der Waals surface area contributed by atoms with Crippen molar-refractivity contribution < 1.29 is 18.9 Å². The molecule has 0 N–H and O–H groups in total. The third kappa shape index (κ3) is 3.56. The molecule has 1 rings (SSSR count). The molecule has 0 unspecified atom stereocenters. The Morgan fingerprint density at radius 1 is 1.12 bits per heavy atom. The Bertz CT molecular complexity index is 336. The Hall–Kier alpha value is -1.52. The lowest BCUT2D eigenvalue weighted by molar-refractivity contribution is 0.0482. The maximum Gasteiger partial charge on any atom is 0.188 e. The second-order valence-corrected chi connectivity index (χ2v) is 3.01. The molecular formula is C12H16O4. The number of ether oxygens (including phenoxy) is 4. The summed E-state index contributed by atoms with van der Waals surface area (Å²) in [6.45, 7) is 4.14. The van der Waals surface area contributed by atoms with Crippen molar-refractivity contribution in [3.05, 3.63) is 30.3 Å². The third-order valence-corrected chi connectivity index (χ3v) is 1.88. The van der Waals surface area contributed by atoms with Gasteiger partial charge in [-0.15, -0.1) is 0 Å². The third-order valence-electron chi connectivity index (χ3n) is 1.88. The van der Waals surface area contributed by atoms with Crippen molar-refractivity contribution >= 4 is 6.08 Å². The number of rotatable bonds is 7.